The van der Waals surface area contributed by atoms with E-state index >= 15 is 0 Å². The molecule has 0 aliphatic carbocycles. The molecule has 1 aliphatic rings. The molecule has 3 nitrogen and oxygen atoms in total. The van der Waals surface area contributed by atoms with Gasteiger partial charge in [-0.25, -0.2) is 0 Å². The first kappa shape index (κ1) is 16.5. The van der Waals surface area contributed by atoms with E-state index in [0.29, 0.717) is 6.61 Å². The molecule has 106 valence electrons. The van der Waals surface area contributed by atoms with Crippen molar-refractivity contribution < 1.29 is 13.9 Å². The fourth-order valence-electron chi connectivity index (χ4n) is 1.83. The molecule has 0 saturated carbocycles. The van der Waals surface area contributed by atoms with Crippen LogP contribution in [0.5, 0.6) is 0 Å². The SMILES string of the molecule is B[C@H]1C[C@@H](OCCl)[C@@H](CO[Si](C)(C)C(C)(C)C)O1. The van der Waals surface area contributed by atoms with Crippen LogP contribution < -0.4 is 0 Å². The summed E-state index contributed by atoms with van der Waals surface area (Å²) in [6, 6.07) is 0.448. The van der Waals surface area contributed by atoms with E-state index in [9.17, 15) is 0 Å². The van der Waals surface area contributed by atoms with Crippen molar-refractivity contribution in [2.75, 3.05) is 12.7 Å². The van der Waals surface area contributed by atoms with Gasteiger partial charge in [-0.2, -0.15) is 0 Å². The zero-order valence-corrected chi connectivity index (χ0v) is 14.2. The van der Waals surface area contributed by atoms with E-state index < -0.39 is 8.32 Å². The number of alkyl halides is 1. The molecule has 0 radical (unpaired) electrons. The fraction of sp³-hybridized carbons (Fsp3) is 1.00. The molecule has 0 bridgehead atoms. The lowest BCUT2D eigenvalue weighted by molar-refractivity contribution is -0.0225. The summed E-state index contributed by atoms with van der Waals surface area (Å²) in [6.07, 6.45) is 0.994. The molecule has 1 fully saturated rings. The van der Waals surface area contributed by atoms with Crippen LogP contribution in [0.25, 0.3) is 0 Å². The molecular formula is C12H26BClO3Si. The van der Waals surface area contributed by atoms with Crippen LogP contribution in [-0.4, -0.2) is 47.0 Å². The second-order valence-corrected chi connectivity index (χ2v) is 11.6. The Hall–Kier alpha value is 0.452. The number of ether oxygens (including phenoxy) is 2. The van der Waals surface area contributed by atoms with E-state index in [1.54, 1.807) is 0 Å². The van der Waals surface area contributed by atoms with Crippen molar-refractivity contribution in [3.8, 4) is 0 Å². The summed E-state index contributed by atoms with van der Waals surface area (Å²) >= 11 is 5.65. The van der Waals surface area contributed by atoms with Crippen LogP contribution in [0.1, 0.15) is 27.2 Å². The van der Waals surface area contributed by atoms with E-state index in [1.807, 2.05) is 0 Å². The lowest BCUT2D eigenvalue weighted by atomic mass is 9.96. The van der Waals surface area contributed by atoms with Crippen molar-refractivity contribution >= 4 is 27.8 Å². The van der Waals surface area contributed by atoms with Gasteiger partial charge in [0, 0.05) is 6.00 Å². The molecule has 1 aliphatic heterocycles. The molecule has 0 spiro atoms. The van der Waals surface area contributed by atoms with Gasteiger partial charge >= 0.3 is 0 Å². The molecule has 0 aromatic carbocycles. The van der Waals surface area contributed by atoms with Gasteiger partial charge in [0.1, 0.15) is 20.0 Å². The summed E-state index contributed by atoms with van der Waals surface area (Å²) in [7, 11) is 0.351. The van der Waals surface area contributed by atoms with Gasteiger partial charge in [0.05, 0.1) is 12.7 Å². The Morgan fingerprint density at radius 2 is 2.00 bits per heavy atom. The highest BCUT2D eigenvalue weighted by Gasteiger charge is 2.40. The van der Waals surface area contributed by atoms with Gasteiger partial charge in [-0.3, -0.25) is 0 Å². The van der Waals surface area contributed by atoms with E-state index in [-0.39, 0.29) is 29.3 Å². The summed E-state index contributed by atoms with van der Waals surface area (Å²) in [5.41, 5.74) is 0. The minimum atomic E-state index is -1.72. The quantitative estimate of drug-likeness (QED) is 0.575. The van der Waals surface area contributed by atoms with Crippen LogP contribution in [0.4, 0.5) is 0 Å². The van der Waals surface area contributed by atoms with Crippen LogP contribution >= 0.6 is 11.6 Å². The van der Waals surface area contributed by atoms with Crippen LogP contribution in [0.15, 0.2) is 0 Å². The summed E-state index contributed by atoms with van der Waals surface area (Å²) in [5, 5.41) is 0.222. The molecule has 18 heavy (non-hydrogen) atoms. The third-order valence-corrected chi connectivity index (χ3v) is 8.70. The maximum Gasteiger partial charge on any atom is 0.192 e. The van der Waals surface area contributed by atoms with E-state index in [2.05, 4.69) is 41.7 Å². The van der Waals surface area contributed by atoms with E-state index in [4.69, 9.17) is 25.5 Å². The molecule has 0 amide bonds. The highest BCUT2D eigenvalue weighted by atomic mass is 35.5. The van der Waals surface area contributed by atoms with E-state index in [0.717, 1.165) is 6.42 Å². The van der Waals surface area contributed by atoms with Gasteiger partial charge in [-0.15, -0.1) is 0 Å². The lowest BCUT2D eigenvalue weighted by Crippen LogP contribution is -2.44. The molecule has 6 heteroatoms. The predicted molar refractivity (Wildman–Crippen MR) is 80.6 cm³/mol. The van der Waals surface area contributed by atoms with Gasteiger partial charge in [0.2, 0.25) is 0 Å². The maximum atomic E-state index is 6.19. The van der Waals surface area contributed by atoms with Gasteiger partial charge in [-0.05, 0) is 24.6 Å². The number of hydrogen-bond donors (Lipinski definition) is 0. The molecule has 1 saturated heterocycles. The number of rotatable bonds is 5. The fourth-order valence-corrected chi connectivity index (χ4v) is 3.01. The number of halogens is 1. The monoisotopic (exact) mass is 292 g/mol. The molecule has 3 atom stereocenters. The largest absolute Gasteiger partial charge is 0.414 e. The van der Waals surface area contributed by atoms with Gasteiger partial charge in [0.25, 0.3) is 0 Å². The minimum absolute atomic E-state index is 0.0212. The third kappa shape index (κ3) is 4.24. The first-order valence-corrected chi connectivity index (χ1v) is 10.1. The maximum absolute atomic E-state index is 6.19. The highest BCUT2D eigenvalue weighted by Crippen LogP contribution is 2.37. The van der Waals surface area contributed by atoms with Gasteiger partial charge in [-0.1, -0.05) is 32.4 Å². The van der Waals surface area contributed by atoms with Crippen molar-refractivity contribution in [3.05, 3.63) is 0 Å². The average Bonchev–Trinajstić information content (AvgIpc) is 2.55. The summed E-state index contributed by atoms with van der Waals surface area (Å²) in [4.78, 5) is 0. The Bertz CT molecular complexity index is 271. The zero-order valence-electron chi connectivity index (χ0n) is 12.5. The van der Waals surface area contributed by atoms with Crippen LogP contribution in [0.3, 0.4) is 0 Å². The molecule has 1 rings (SSSR count). The molecule has 1 heterocycles. The van der Waals surface area contributed by atoms with Crippen molar-refractivity contribution in [1.82, 2.24) is 0 Å². The Morgan fingerprint density at radius 3 is 2.50 bits per heavy atom. The second kappa shape index (κ2) is 6.27. The first-order chi connectivity index (χ1) is 8.17. The predicted octanol–water partition coefficient (Wildman–Crippen LogP) is 2.34. The lowest BCUT2D eigenvalue weighted by Gasteiger charge is -2.37. The Balaban J connectivity index is 2.52. The molecule has 0 N–H and O–H groups in total. The zero-order chi connectivity index (χ0) is 14.0. The molecular weight excluding hydrogens is 266 g/mol. The third-order valence-electron chi connectivity index (χ3n) is 4.08. The summed E-state index contributed by atoms with van der Waals surface area (Å²) in [6.45, 7) is 11.8. The Morgan fingerprint density at radius 1 is 1.39 bits per heavy atom. The Kier molecular flexibility index (Phi) is 5.75. The standard InChI is InChI=1S/C12H26BClO3Si/c1-12(2,3)18(4,5)16-7-10-9(15-8-14)6-11(13)17-10/h9-11H,6-8,13H2,1-5H3/t9-,10-,11-/m1/s1. The summed E-state index contributed by atoms with van der Waals surface area (Å²) < 4.78 is 17.6. The van der Waals surface area contributed by atoms with Gasteiger partial charge < -0.3 is 13.9 Å². The topological polar surface area (TPSA) is 27.7 Å². The number of hydrogen-bond acceptors (Lipinski definition) is 3. The van der Waals surface area contributed by atoms with Crippen molar-refractivity contribution in [2.45, 2.75) is 63.5 Å². The molecule has 0 aromatic rings. The first-order valence-electron chi connectivity index (χ1n) is 6.64. The smallest absolute Gasteiger partial charge is 0.192 e. The van der Waals surface area contributed by atoms with Crippen LogP contribution in [0.2, 0.25) is 18.1 Å². The van der Waals surface area contributed by atoms with Crippen LogP contribution in [0, 0.1) is 0 Å². The molecule has 0 unspecified atom stereocenters. The van der Waals surface area contributed by atoms with Crippen molar-refractivity contribution in [2.24, 2.45) is 0 Å². The van der Waals surface area contributed by atoms with Gasteiger partial charge in [0.15, 0.2) is 8.32 Å². The minimum Gasteiger partial charge on any atom is -0.414 e. The second-order valence-electron chi connectivity index (χ2n) is 6.61. The normalized spacial score (nSPS) is 29.8. The summed E-state index contributed by atoms with van der Waals surface area (Å²) in [5.74, 6) is 0. The van der Waals surface area contributed by atoms with Crippen molar-refractivity contribution in [1.29, 1.82) is 0 Å². The highest BCUT2D eigenvalue weighted by molar-refractivity contribution is 6.74. The van der Waals surface area contributed by atoms with Crippen LogP contribution in [-0.2, 0) is 13.9 Å². The molecule has 0 aromatic heterocycles. The van der Waals surface area contributed by atoms with E-state index in [1.165, 1.54) is 0 Å². The average molecular weight is 293 g/mol. The Labute approximate surface area is 118 Å². The van der Waals surface area contributed by atoms with Crippen molar-refractivity contribution in [3.63, 3.8) is 0 Å².